The number of aliphatic hydroxyl groups excluding tert-OH is 1. The molecule has 13 heavy (non-hydrogen) atoms. The van der Waals surface area contributed by atoms with Gasteiger partial charge in [-0.25, -0.2) is 8.78 Å². The van der Waals surface area contributed by atoms with Crippen molar-refractivity contribution in [2.24, 2.45) is 0 Å². The number of hydrogen-bond acceptors (Lipinski definition) is 2. The molecule has 1 unspecified atom stereocenters. The molecule has 2 N–H and O–H groups in total. The van der Waals surface area contributed by atoms with Crippen LogP contribution in [0.15, 0.2) is 6.07 Å². The van der Waals surface area contributed by atoms with Crippen molar-refractivity contribution in [3.05, 3.63) is 28.3 Å². The third-order valence-electron chi connectivity index (χ3n) is 1.60. The Balaban J connectivity index is 3.46. The van der Waals surface area contributed by atoms with E-state index in [9.17, 15) is 13.9 Å². The van der Waals surface area contributed by atoms with Crippen molar-refractivity contribution in [3.8, 4) is 5.75 Å². The quantitative estimate of drug-likeness (QED) is 0.696. The summed E-state index contributed by atoms with van der Waals surface area (Å²) in [5.41, 5.74) is -0.523. The van der Waals surface area contributed by atoms with Gasteiger partial charge in [0.1, 0.15) is 5.75 Å². The molecule has 1 aromatic carbocycles. The second-order valence-electron chi connectivity index (χ2n) is 2.59. The van der Waals surface area contributed by atoms with E-state index >= 15 is 0 Å². The minimum Gasteiger partial charge on any atom is -0.506 e. The fourth-order valence-corrected chi connectivity index (χ4v) is 1.18. The van der Waals surface area contributed by atoms with Crippen LogP contribution in [0.2, 0.25) is 5.02 Å². The molecule has 0 radical (unpaired) electrons. The lowest BCUT2D eigenvalue weighted by atomic mass is 10.1. The summed E-state index contributed by atoms with van der Waals surface area (Å²) >= 11 is 5.37. The first-order valence-electron chi connectivity index (χ1n) is 3.49. The van der Waals surface area contributed by atoms with Crippen LogP contribution in [0.25, 0.3) is 0 Å². The lowest BCUT2D eigenvalue weighted by Gasteiger charge is -2.10. The monoisotopic (exact) mass is 208 g/mol. The van der Waals surface area contributed by atoms with Crippen molar-refractivity contribution in [2.75, 3.05) is 0 Å². The van der Waals surface area contributed by atoms with Crippen LogP contribution in [-0.2, 0) is 0 Å². The van der Waals surface area contributed by atoms with Crippen LogP contribution >= 0.6 is 11.6 Å². The zero-order valence-corrected chi connectivity index (χ0v) is 7.44. The number of benzene rings is 1. The second kappa shape index (κ2) is 3.47. The molecule has 0 fully saturated rings. The van der Waals surface area contributed by atoms with Crippen LogP contribution in [0, 0.1) is 11.6 Å². The molecule has 72 valence electrons. The normalized spacial score (nSPS) is 13.0. The van der Waals surface area contributed by atoms with Gasteiger partial charge < -0.3 is 10.2 Å². The molecule has 0 aliphatic carbocycles. The third-order valence-corrected chi connectivity index (χ3v) is 1.89. The van der Waals surface area contributed by atoms with Crippen LogP contribution < -0.4 is 0 Å². The molecule has 0 spiro atoms. The Hall–Kier alpha value is -0.870. The van der Waals surface area contributed by atoms with Gasteiger partial charge in [-0.1, -0.05) is 11.6 Å². The highest BCUT2D eigenvalue weighted by atomic mass is 35.5. The summed E-state index contributed by atoms with van der Waals surface area (Å²) in [5, 5.41) is 17.9. The van der Waals surface area contributed by atoms with E-state index in [1.807, 2.05) is 0 Å². The average molecular weight is 209 g/mol. The highest BCUT2D eigenvalue weighted by Crippen LogP contribution is 2.34. The molecule has 0 amide bonds. The fourth-order valence-electron chi connectivity index (χ4n) is 0.985. The molecule has 0 aromatic heterocycles. The molecule has 0 saturated heterocycles. The van der Waals surface area contributed by atoms with Crippen molar-refractivity contribution < 1.29 is 19.0 Å². The molecule has 1 atom stereocenters. The first-order valence-corrected chi connectivity index (χ1v) is 3.87. The Labute approximate surface area is 78.4 Å². The van der Waals surface area contributed by atoms with Gasteiger partial charge in [0.15, 0.2) is 11.6 Å². The van der Waals surface area contributed by atoms with E-state index < -0.39 is 29.1 Å². The van der Waals surface area contributed by atoms with E-state index in [1.165, 1.54) is 6.92 Å². The summed E-state index contributed by atoms with van der Waals surface area (Å²) in [6.45, 7) is 1.20. The van der Waals surface area contributed by atoms with Gasteiger partial charge in [-0.15, -0.1) is 0 Å². The first kappa shape index (κ1) is 10.2. The lowest BCUT2D eigenvalue weighted by Crippen LogP contribution is -2.00. The summed E-state index contributed by atoms with van der Waals surface area (Å²) in [4.78, 5) is 0. The Kier molecular flexibility index (Phi) is 2.73. The van der Waals surface area contributed by atoms with Crippen LogP contribution in [0.3, 0.4) is 0 Å². The summed E-state index contributed by atoms with van der Waals surface area (Å²) in [5.74, 6) is -3.11. The topological polar surface area (TPSA) is 40.5 Å². The highest BCUT2D eigenvalue weighted by molar-refractivity contribution is 6.32. The zero-order valence-electron chi connectivity index (χ0n) is 6.68. The van der Waals surface area contributed by atoms with Gasteiger partial charge in [0, 0.05) is 0 Å². The predicted molar refractivity (Wildman–Crippen MR) is 43.7 cm³/mol. The molecule has 0 saturated carbocycles. The standard InChI is InChI=1S/C8H7ClF2O2/c1-3(12)6-7(11)5(10)2-4(9)8(6)13/h2-3,12-13H,1H3. The molecular weight excluding hydrogens is 202 g/mol. The predicted octanol–water partition coefficient (Wildman–Crippen LogP) is 2.38. The molecule has 1 aromatic rings. The van der Waals surface area contributed by atoms with Crippen LogP contribution in [0.1, 0.15) is 18.6 Å². The van der Waals surface area contributed by atoms with Crippen LogP contribution in [0.4, 0.5) is 8.78 Å². The number of aromatic hydroxyl groups is 1. The van der Waals surface area contributed by atoms with Crippen molar-refractivity contribution in [2.45, 2.75) is 13.0 Å². The maximum Gasteiger partial charge on any atom is 0.168 e. The van der Waals surface area contributed by atoms with Gasteiger partial charge in [-0.2, -0.15) is 0 Å². The average Bonchev–Trinajstić information content (AvgIpc) is 2.01. The van der Waals surface area contributed by atoms with Gasteiger partial charge in [-0.3, -0.25) is 0 Å². The number of phenols is 1. The van der Waals surface area contributed by atoms with Crippen molar-refractivity contribution >= 4 is 11.6 Å². The molecule has 0 aliphatic rings. The molecule has 5 heteroatoms. The van der Waals surface area contributed by atoms with Gasteiger partial charge in [0.05, 0.1) is 16.7 Å². The summed E-state index contributed by atoms with van der Waals surface area (Å²) in [7, 11) is 0. The van der Waals surface area contributed by atoms with Crippen molar-refractivity contribution in [1.82, 2.24) is 0 Å². The summed E-state index contributed by atoms with van der Waals surface area (Å²) < 4.78 is 25.6. The molecule has 2 nitrogen and oxygen atoms in total. The molecule has 0 heterocycles. The van der Waals surface area contributed by atoms with E-state index in [1.54, 1.807) is 0 Å². The molecule has 0 aliphatic heterocycles. The largest absolute Gasteiger partial charge is 0.506 e. The van der Waals surface area contributed by atoms with Gasteiger partial charge in [0.2, 0.25) is 0 Å². The minimum absolute atomic E-state index is 0.324. The molecule has 0 bridgehead atoms. The zero-order chi connectivity index (χ0) is 10.2. The van der Waals surface area contributed by atoms with E-state index in [0.717, 1.165) is 0 Å². The Bertz CT molecular complexity index is 313. The second-order valence-corrected chi connectivity index (χ2v) is 3.00. The third kappa shape index (κ3) is 1.73. The number of rotatable bonds is 1. The van der Waals surface area contributed by atoms with E-state index in [-0.39, 0.29) is 5.02 Å². The van der Waals surface area contributed by atoms with Gasteiger partial charge in [0.25, 0.3) is 0 Å². The smallest absolute Gasteiger partial charge is 0.168 e. The summed E-state index contributed by atoms with van der Waals surface area (Å²) in [6.07, 6.45) is -1.31. The highest BCUT2D eigenvalue weighted by Gasteiger charge is 2.20. The number of aliphatic hydroxyl groups is 1. The number of hydrogen-bond donors (Lipinski definition) is 2. The van der Waals surface area contributed by atoms with Gasteiger partial charge in [-0.05, 0) is 13.0 Å². The Morgan fingerprint density at radius 3 is 2.46 bits per heavy atom. The maximum atomic E-state index is 12.9. The Morgan fingerprint density at radius 2 is 2.00 bits per heavy atom. The first-order chi connectivity index (χ1) is 5.95. The molecular formula is C8H7ClF2O2. The Morgan fingerprint density at radius 1 is 1.46 bits per heavy atom. The SMILES string of the molecule is CC(O)c1c(O)c(Cl)cc(F)c1F. The number of phenolic OH excluding ortho intramolecular Hbond substituents is 1. The van der Waals surface area contributed by atoms with Crippen molar-refractivity contribution in [1.29, 1.82) is 0 Å². The fraction of sp³-hybridized carbons (Fsp3) is 0.250. The minimum atomic E-state index is -1.31. The maximum absolute atomic E-state index is 12.9. The lowest BCUT2D eigenvalue weighted by molar-refractivity contribution is 0.188. The summed E-state index contributed by atoms with van der Waals surface area (Å²) in [6, 6.07) is 0.651. The van der Waals surface area contributed by atoms with Crippen LogP contribution in [0.5, 0.6) is 5.75 Å². The number of halogens is 3. The van der Waals surface area contributed by atoms with E-state index in [2.05, 4.69) is 0 Å². The van der Waals surface area contributed by atoms with Crippen LogP contribution in [-0.4, -0.2) is 10.2 Å². The van der Waals surface area contributed by atoms with E-state index in [4.69, 9.17) is 16.7 Å². The van der Waals surface area contributed by atoms with Gasteiger partial charge >= 0.3 is 0 Å². The molecule has 1 rings (SSSR count). The van der Waals surface area contributed by atoms with Crippen molar-refractivity contribution in [3.63, 3.8) is 0 Å². The van der Waals surface area contributed by atoms with E-state index in [0.29, 0.717) is 6.07 Å².